The Morgan fingerprint density at radius 3 is 2.43 bits per heavy atom. The molecule has 0 aliphatic heterocycles. The lowest BCUT2D eigenvalue weighted by molar-refractivity contribution is 0.356. The first-order chi connectivity index (χ1) is 9.97. The molecule has 0 saturated heterocycles. The minimum atomic E-state index is 0.358. The summed E-state index contributed by atoms with van der Waals surface area (Å²) in [7, 11) is 4.18. The summed E-state index contributed by atoms with van der Waals surface area (Å²) in [5, 5.41) is 3.58. The zero-order chi connectivity index (χ0) is 15.8. The smallest absolute Gasteiger partial charge is 0.148 e. The van der Waals surface area contributed by atoms with Crippen molar-refractivity contribution in [1.82, 2.24) is 14.9 Å². The van der Waals surface area contributed by atoms with Crippen LogP contribution in [0, 0.1) is 5.92 Å². The maximum Gasteiger partial charge on any atom is 0.148 e. The Hall–Kier alpha value is -1.40. The third kappa shape index (κ3) is 5.85. The molecule has 1 aromatic rings. The van der Waals surface area contributed by atoms with Crippen molar-refractivity contribution < 1.29 is 0 Å². The maximum atomic E-state index is 5.57. The van der Waals surface area contributed by atoms with Gasteiger partial charge in [0.2, 0.25) is 0 Å². The average molecular weight is 294 g/mol. The number of hydrogen-bond donors (Lipinski definition) is 3. The second kappa shape index (κ2) is 8.79. The van der Waals surface area contributed by atoms with Gasteiger partial charge >= 0.3 is 0 Å². The molecule has 21 heavy (non-hydrogen) atoms. The van der Waals surface area contributed by atoms with Crippen molar-refractivity contribution in [3.63, 3.8) is 0 Å². The molecule has 0 aliphatic rings. The largest absolute Gasteiger partial charge is 0.366 e. The number of nitrogens with zero attached hydrogens (tertiary/aromatic N) is 3. The topological polar surface area (TPSA) is 79.1 Å². The molecule has 4 N–H and O–H groups in total. The molecule has 0 spiro atoms. The van der Waals surface area contributed by atoms with E-state index in [0.717, 1.165) is 37.2 Å². The Balaban J connectivity index is 2.95. The predicted molar refractivity (Wildman–Crippen MR) is 89.3 cm³/mol. The fourth-order valence-electron chi connectivity index (χ4n) is 2.53. The number of anilines is 2. The fraction of sp³-hybridized carbons (Fsp3) is 0.733. The van der Waals surface area contributed by atoms with Gasteiger partial charge in [0.15, 0.2) is 0 Å². The Bertz CT molecular complexity index is 409. The molecule has 1 aromatic heterocycles. The monoisotopic (exact) mass is 294 g/mol. The van der Waals surface area contributed by atoms with Crippen molar-refractivity contribution >= 4 is 11.6 Å². The fourth-order valence-corrected chi connectivity index (χ4v) is 2.53. The Labute approximate surface area is 128 Å². The first kappa shape index (κ1) is 17.7. The van der Waals surface area contributed by atoms with Gasteiger partial charge in [-0.3, -0.25) is 0 Å². The highest BCUT2D eigenvalue weighted by Crippen LogP contribution is 2.22. The number of nitrogens with one attached hydrogen (secondary N) is 2. The van der Waals surface area contributed by atoms with Gasteiger partial charge in [0.25, 0.3) is 0 Å². The SMILES string of the molecule is CCCc1c(NN)ncnc1NC(CC(C)C)CN(C)C. The molecule has 1 rings (SSSR count). The van der Waals surface area contributed by atoms with Gasteiger partial charge in [0.05, 0.1) is 0 Å². The number of aromatic nitrogens is 2. The van der Waals surface area contributed by atoms with Crippen LogP contribution in [0.15, 0.2) is 6.33 Å². The van der Waals surface area contributed by atoms with Crippen LogP contribution >= 0.6 is 0 Å². The number of hydrogen-bond acceptors (Lipinski definition) is 6. The molecule has 0 aromatic carbocycles. The summed E-state index contributed by atoms with van der Waals surface area (Å²) >= 11 is 0. The molecule has 0 saturated carbocycles. The molecular formula is C15H30N6. The summed E-state index contributed by atoms with van der Waals surface area (Å²) in [5.74, 6) is 7.80. The van der Waals surface area contributed by atoms with Crippen LogP contribution in [-0.2, 0) is 6.42 Å². The lowest BCUT2D eigenvalue weighted by Crippen LogP contribution is -2.34. The van der Waals surface area contributed by atoms with Crippen LogP contribution in [0.4, 0.5) is 11.6 Å². The van der Waals surface area contributed by atoms with E-state index < -0.39 is 0 Å². The quantitative estimate of drug-likeness (QED) is 0.478. The van der Waals surface area contributed by atoms with Gasteiger partial charge in [0, 0.05) is 18.2 Å². The first-order valence-electron chi connectivity index (χ1n) is 7.69. The Morgan fingerprint density at radius 2 is 1.90 bits per heavy atom. The first-order valence-corrected chi connectivity index (χ1v) is 7.69. The molecule has 0 radical (unpaired) electrons. The number of rotatable bonds is 9. The summed E-state index contributed by atoms with van der Waals surface area (Å²) in [5.41, 5.74) is 3.74. The van der Waals surface area contributed by atoms with Crippen LogP contribution in [0.25, 0.3) is 0 Å². The van der Waals surface area contributed by atoms with Crippen LogP contribution in [0.1, 0.15) is 39.2 Å². The van der Waals surface area contributed by atoms with Crippen molar-refractivity contribution in [3.8, 4) is 0 Å². The van der Waals surface area contributed by atoms with Crippen molar-refractivity contribution in [2.75, 3.05) is 31.4 Å². The average Bonchev–Trinajstić information content (AvgIpc) is 2.39. The summed E-state index contributed by atoms with van der Waals surface area (Å²) in [6.07, 6.45) is 4.58. The van der Waals surface area contributed by atoms with Gasteiger partial charge < -0.3 is 15.6 Å². The van der Waals surface area contributed by atoms with Gasteiger partial charge in [-0.15, -0.1) is 0 Å². The molecule has 0 aliphatic carbocycles. The van der Waals surface area contributed by atoms with Gasteiger partial charge in [-0.1, -0.05) is 27.2 Å². The number of nitrogens with two attached hydrogens (primary N) is 1. The van der Waals surface area contributed by atoms with Crippen LogP contribution in [0.5, 0.6) is 0 Å². The van der Waals surface area contributed by atoms with Gasteiger partial charge in [-0.05, 0) is 32.9 Å². The molecule has 120 valence electrons. The van der Waals surface area contributed by atoms with Crippen molar-refractivity contribution in [2.45, 2.75) is 46.1 Å². The van der Waals surface area contributed by atoms with Crippen molar-refractivity contribution in [3.05, 3.63) is 11.9 Å². The maximum absolute atomic E-state index is 5.57. The molecule has 1 heterocycles. The van der Waals surface area contributed by atoms with Crippen LogP contribution in [0.3, 0.4) is 0 Å². The minimum absolute atomic E-state index is 0.358. The number of nitrogen functional groups attached to an aromatic ring is 1. The van der Waals surface area contributed by atoms with E-state index in [9.17, 15) is 0 Å². The van der Waals surface area contributed by atoms with E-state index in [0.29, 0.717) is 17.8 Å². The number of likely N-dealkylation sites (N-methyl/N-ethyl adjacent to an activating group) is 1. The van der Waals surface area contributed by atoms with Crippen molar-refractivity contribution in [1.29, 1.82) is 0 Å². The van der Waals surface area contributed by atoms with Crippen molar-refractivity contribution in [2.24, 2.45) is 11.8 Å². The van der Waals surface area contributed by atoms with Crippen LogP contribution in [0.2, 0.25) is 0 Å². The highest BCUT2D eigenvalue weighted by Gasteiger charge is 2.16. The molecular weight excluding hydrogens is 264 g/mol. The molecule has 0 fully saturated rings. The van der Waals surface area contributed by atoms with E-state index in [2.05, 4.69) is 60.5 Å². The zero-order valence-corrected chi connectivity index (χ0v) is 14.0. The normalized spacial score (nSPS) is 12.8. The van der Waals surface area contributed by atoms with Gasteiger partial charge in [0.1, 0.15) is 18.0 Å². The minimum Gasteiger partial charge on any atom is -0.366 e. The summed E-state index contributed by atoms with van der Waals surface area (Å²) in [4.78, 5) is 10.8. The predicted octanol–water partition coefficient (Wildman–Crippen LogP) is 2.10. The third-order valence-corrected chi connectivity index (χ3v) is 3.26. The van der Waals surface area contributed by atoms with E-state index in [1.54, 1.807) is 6.33 Å². The summed E-state index contributed by atoms with van der Waals surface area (Å²) in [6.45, 7) is 7.59. The molecule has 0 amide bonds. The zero-order valence-electron chi connectivity index (χ0n) is 14.0. The van der Waals surface area contributed by atoms with E-state index in [4.69, 9.17) is 5.84 Å². The lowest BCUT2D eigenvalue weighted by atomic mass is 10.0. The van der Waals surface area contributed by atoms with E-state index in [1.807, 2.05) is 0 Å². The summed E-state index contributed by atoms with van der Waals surface area (Å²) in [6, 6.07) is 0.358. The Kier molecular flexibility index (Phi) is 7.39. The second-order valence-electron chi connectivity index (χ2n) is 6.18. The highest BCUT2D eigenvalue weighted by atomic mass is 15.3. The molecule has 6 nitrogen and oxygen atoms in total. The van der Waals surface area contributed by atoms with Gasteiger partial charge in [-0.25, -0.2) is 15.8 Å². The van der Waals surface area contributed by atoms with Crippen LogP contribution in [-0.4, -0.2) is 41.5 Å². The van der Waals surface area contributed by atoms with Gasteiger partial charge in [-0.2, -0.15) is 0 Å². The van der Waals surface area contributed by atoms with E-state index in [-0.39, 0.29) is 0 Å². The molecule has 0 bridgehead atoms. The molecule has 1 atom stereocenters. The second-order valence-corrected chi connectivity index (χ2v) is 6.18. The lowest BCUT2D eigenvalue weighted by Gasteiger charge is -2.25. The Morgan fingerprint density at radius 1 is 1.24 bits per heavy atom. The summed E-state index contributed by atoms with van der Waals surface area (Å²) < 4.78 is 0. The highest BCUT2D eigenvalue weighted by molar-refractivity contribution is 5.57. The van der Waals surface area contributed by atoms with E-state index >= 15 is 0 Å². The molecule has 6 heteroatoms. The third-order valence-electron chi connectivity index (χ3n) is 3.26. The van der Waals surface area contributed by atoms with Crippen LogP contribution < -0.4 is 16.6 Å². The molecule has 1 unspecified atom stereocenters. The standard InChI is InChI=1S/C15H30N6/c1-6-7-13-14(17-10-18-15(13)20-16)19-12(8-11(2)3)9-21(4)5/h10-12H,6-9,16H2,1-5H3,(H2,17,18,19,20). The number of hydrazine groups is 1. The van der Waals surface area contributed by atoms with E-state index in [1.165, 1.54) is 0 Å².